The van der Waals surface area contributed by atoms with Gasteiger partial charge in [0.2, 0.25) is 0 Å². The van der Waals surface area contributed by atoms with Gasteiger partial charge in [-0.2, -0.15) is 0 Å². The van der Waals surface area contributed by atoms with Crippen molar-refractivity contribution in [1.29, 1.82) is 0 Å². The van der Waals surface area contributed by atoms with Crippen LogP contribution in [0.2, 0.25) is 0 Å². The molecule has 1 unspecified atom stereocenters. The number of rotatable bonds is 4. The number of halogens is 1. The van der Waals surface area contributed by atoms with E-state index in [9.17, 15) is 0 Å². The monoisotopic (exact) mass is 388 g/mol. The first-order valence-corrected chi connectivity index (χ1v) is 9.33. The van der Waals surface area contributed by atoms with Crippen LogP contribution in [0.3, 0.4) is 0 Å². The molecule has 0 aromatic heterocycles. The minimum atomic E-state index is 0.206. The first-order valence-electron chi connectivity index (χ1n) is 8.54. The summed E-state index contributed by atoms with van der Waals surface area (Å²) in [5.74, 6) is 0.946. The summed E-state index contributed by atoms with van der Waals surface area (Å²) < 4.78 is 6.78. The number of nitrogens with zero attached hydrogens (tertiary/aromatic N) is 1. The maximum Gasteiger partial charge on any atom is 0.124 e. The van der Waals surface area contributed by atoms with Crippen LogP contribution in [0.4, 0.5) is 0 Å². The Bertz CT molecular complexity index is 681. The lowest BCUT2D eigenvalue weighted by atomic mass is 9.94. The van der Waals surface area contributed by atoms with Crippen molar-refractivity contribution in [2.24, 2.45) is 0 Å². The Morgan fingerprint density at radius 2 is 2.00 bits per heavy atom. The van der Waals surface area contributed by atoms with E-state index in [-0.39, 0.29) is 6.04 Å². The largest absolute Gasteiger partial charge is 0.496 e. The molecule has 0 bridgehead atoms. The van der Waals surface area contributed by atoms with Gasteiger partial charge in [-0.3, -0.25) is 4.90 Å². The fourth-order valence-electron chi connectivity index (χ4n) is 3.47. The molecule has 1 aliphatic rings. The molecule has 1 saturated heterocycles. The van der Waals surface area contributed by atoms with Crippen molar-refractivity contribution in [3.8, 4) is 5.75 Å². The van der Waals surface area contributed by atoms with Gasteiger partial charge in [-0.15, -0.1) is 0 Å². The Kier molecular flexibility index (Phi) is 5.93. The van der Waals surface area contributed by atoms with Crippen LogP contribution in [-0.4, -0.2) is 38.2 Å². The molecular weight excluding hydrogens is 364 g/mol. The Morgan fingerprint density at radius 3 is 2.79 bits per heavy atom. The summed E-state index contributed by atoms with van der Waals surface area (Å²) in [4.78, 5) is 2.57. The zero-order valence-electron chi connectivity index (χ0n) is 14.4. The molecule has 0 aliphatic carbocycles. The minimum Gasteiger partial charge on any atom is -0.496 e. The Morgan fingerprint density at radius 1 is 1.12 bits per heavy atom. The van der Waals surface area contributed by atoms with Gasteiger partial charge in [0.15, 0.2) is 0 Å². The van der Waals surface area contributed by atoms with E-state index in [4.69, 9.17) is 4.74 Å². The third-order valence-corrected chi connectivity index (χ3v) is 5.08. The maximum absolute atomic E-state index is 5.69. The Balaban J connectivity index is 2.09. The summed E-state index contributed by atoms with van der Waals surface area (Å²) >= 11 is 3.63. The molecule has 1 fully saturated rings. The van der Waals surface area contributed by atoms with Crippen molar-refractivity contribution in [1.82, 2.24) is 10.2 Å². The molecule has 0 saturated carbocycles. The van der Waals surface area contributed by atoms with Gasteiger partial charge in [-0.05, 0) is 43.7 Å². The van der Waals surface area contributed by atoms with Gasteiger partial charge in [0, 0.05) is 29.7 Å². The molecule has 3 nitrogen and oxygen atoms in total. The molecule has 1 heterocycles. The van der Waals surface area contributed by atoms with E-state index in [0.717, 1.165) is 36.4 Å². The van der Waals surface area contributed by atoms with E-state index in [1.165, 1.54) is 23.1 Å². The standard InChI is InChI=1S/C20H25BrN2O/c1-15-5-3-6-16(13-15)20(23-11-4-9-22-10-12-23)18-14-17(21)7-8-19(18)24-2/h3,5-8,13-14,20,22H,4,9-12H2,1-2H3. The number of ether oxygens (including phenoxy) is 1. The van der Waals surface area contributed by atoms with E-state index in [1.807, 2.05) is 6.07 Å². The normalized spacial score (nSPS) is 17.3. The summed E-state index contributed by atoms with van der Waals surface area (Å²) in [5.41, 5.74) is 3.84. The SMILES string of the molecule is COc1ccc(Br)cc1C(c1cccc(C)c1)N1CCCNCC1. The van der Waals surface area contributed by atoms with Crippen molar-refractivity contribution in [3.05, 3.63) is 63.6 Å². The molecule has 24 heavy (non-hydrogen) atoms. The van der Waals surface area contributed by atoms with Crippen molar-refractivity contribution in [2.45, 2.75) is 19.4 Å². The van der Waals surface area contributed by atoms with Crippen LogP contribution in [0.5, 0.6) is 5.75 Å². The van der Waals surface area contributed by atoms with Gasteiger partial charge in [-0.25, -0.2) is 0 Å². The molecular formula is C20H25BrN2O. The fourth-order valence-corrected chi connectivity index (χ4v) is 3.85. The molecule has 1 aliphatic heterocycles. The summed E-state index contributed by atoms with van der Waals surface area (Å²) in [6.45, 7) is 6.39. The molecule has 0 spiro atoms. The third-order valence-electron chi connectivity index (χ3n) is 4.58. The molecule has 128 valence electrons. The van der Waals surface area contributed by atoms with Gasteiger partial charge in [-0.1, -0.05) is 45.8 Å². The first-order chi connectivity index (χ1) is 11.7. The average molecular weight is 389 g/mol. The molecule has 4 heteroatoms. The van der Waals surface area contributed by atoms with Crippen LogP contribution >= 0.6 is 15.9 Å². The van der Waals surface area contributed by atoms with Crippen LogP contribution < -0.4 is 10.1 Å². The number of hydrogen-bond donors (Lipinski definition) is 1. The predicted octanol–water partition coefficient (Wildman–Crippen LogP) is 4.15. The van der Waals surface area contributed by atoms with E-state index >= 15 is 0 Å². The molecule has 0 amide bonds. The topological polar surface area (TPSA) is 24.5 Å². The Hall–Kier alpha value is -1.36. The lowest BCUT2D eigenvalue weighted by molar-refractivity contribution is 0.236. The smallest absolute Gasteiger partial charge is 0.124 e. The second-order valence-corrected chi connectivity index (χ2v) is 7.26. The van der Waals surface area contributed by atoms with Crippen molar-refractivity contribution >= 4 is 15.9 Å². The highest BCUT2D eigenvalue weighted by molar-refractivity contribution is 9.10. The summed E-state index contributed by atoms with van der Waals surface area (Å²) in [7, 11) is 1.75. The van der Waals surface area contributed by atoms with Crippen molar-refractivity contribution < 1.29 is 4.74 Å². The van der Waals surface area contributed by atoms with Crippen LogP contribution in [0, 0.1) is 6.92 Å². The van der Waals surface area contributed by atoms with Gasteiger partial charge < -0.3 is 10.1 Å². The number of hydrogen-bond acceptors (Lipinski definition) is 3. The number of benzene rings is 2. The van der Waals surface area contributed by atoms with E-state index in [2.05, 4.69) is 69.5 Å². The number of aryl methyl sites for hydroxylation is 1. The second kappa shape index (κ2) is 8.15. The van der Waals surface area contributed by atoms with E-state index in [1.54, 1.807) is 7.11 Å². The van der Waals surface area contributed by atoms with Crippen molar-refractivity contribution in [2.75, 3.05) is 33.3 Å². The molecule has 1 atom stereocenters. The van der Waals surface area contributed by atoms with Crippen LogP contribution in [0.15, 0.2) is 46.9 Å². The van der Waals surface area contributed by atoms with Crippen LogP contribution in [0.25, 0.3) is 0 Å². The highest BCUT2D eigenvalue weighted by Gasteiger charge is 2.26. The molecule has 2 aromatic rings. The van der Waals surface area contributed by atoms with Gasteiger partial charge >= 0.3 is 0 Å². The Labute approximate surface area is 153 Å². The van der Waals surface area contributed by atoms with Gasteiger partial charge in [0.1, 0.15) is 5.75 Å². The highest BCUT2D eigenvalue weighted by Crippen LogP contribution is 2.37. The summed E-state index contributed by atoms with van der Waals surface area (Å²) in [6.07, 6.45) is 1.17. The lowest BCUT2D eigenvalue weighted by Gasteiger charge is -2.32. The zero-order valence-corrected chi connectivity index (χ0v) is 16.0. The van der Waals surface area contributed by atoms with Crippen molar-refractivity contribution in [3.63, 3.8) is 0 Å². The van der Waals surface area contributed by atoms with Crippen LogP contribution in [-0.2, 0) is 0 Å². The molecule has 2 aromatic carbocycles. The number of methoxy groups -OCH3 is 1. The molecule has 3 rings (SSSR count). The maximum atomic E-state index is 5.69. The van der Waals surface area contributed by atoms with Crippen LogP contribution in [0.1, 0.15) is 29.2 Å². The summed E-state index contributed by atoms with van der Waals surface area (Å²) in [5, 5.41) is 3.50. The number of nitrogens with one attached hydrogen (secondary N) is 1. The zero-order chi connectivity index (χ0) is 16.9. The van der Waals surface area contributed by atoms with E-state index < -0.39 is 0 Å². The second-order valence-electron chi connectivity index (χ2n) is 6.34. The average Bonchev–Trinajstić information content (AvgIpc) is 2.85. The van der Waals surface area contributed by atoms with Gasteiger partial charge in [0.25, 0.3) is 0 Å². The lowest BCUT2D eigenvalue weighted by Crippen LogP contribution is -2.33. The quantitative estimate of drug-likeness (QED) is 0.850. The predicted molar refractivity (Wildman–Crippen MR) is 103 cm³/mol. The van der Waals surface area contributed by atoms with Gasteiger partial charge in [0.05, 0.1) is 13.2 Å². The highest BCUT2D eigenvalue weighted by atomic mass is 79.9. The minimum absolute atomic E-state index is 0.206. The van der Waals surface area contributed by atoms with E-state index in [0.29, 0.717) is 0 Å². The fraction of sp³-hybridized carbons (Fsp3) is 0.400. The molecule has 0 radical (unpaired) electrons. The first kappa shape index (κ1) is 17.5. The molecule has 1 N–H and O–H groups in total. The summed E-state index contributed by atoms with van der Waals surface area (Å²) in [6, 6.07) is 15.3. The third kappa shape index (κ3) is 4.00.